The van der Waals surface area contributed by atoms with Crippen molar-refractivity contribution < 1.29 is 14.7 Å². The van der Waals surface area contributed by atoms with Gasteiger partial charge in [-0.1, -0.05) is 12.1 Å². The molecule has 1 fully saturated rings. The number of benzene rings is 1. The van der Waals surface area contributed by atoms with Gasteiger partial charge in [-0.3, -0.25) is 14.2 Å². The maximum absolute atomic E-state index is 12.4. The number of rotatable bonds is 4. The predicted octanol–water partition coefficient (Wildman–Crippen LogP) is 0.155. The van der Waals surface area contributed by atoms with E-state index in [9.17, 15) is 19.2 Å². The summed E-state index contributed by atoms with van der Waals surface area (Å²) in [6.45, 7) is 0.305. The monoisotopic (exact) mass is 331 g/mol. The van der Waals surface area contributed by atoms with Crippen molar-refractivity contribution in [1.82, 2.24) is 14.5 Å². The third-order valence-corrected chi connectivity index (χ3v) is 4.30. The molecule has 0 bridgehead atoms. The molecule has 8 nitrogen and oxygen atoms in total. The van der Waals surface area contributed by atoms with E-state index in [4.69, 9.17) is 5.11 Å². The van der Waals surface area contributed by atoms with E-state index < -0.39 is 23.3 Å². The van der Waals surface area contributed by atoms with Crippen LogP contribution in [-0.4, -0.2) is 44.0 Å². The van der Waals surface area contributed by atoms with Gasteiger partial charge in [-0.2, -0.15) is 0 Å². The van der Waals surface area contributed by atoms with Crippen LogP contribution in [0.2, 0.25) is 0 Å². The second kappa shape index (κ2) is 6.31. The van der Waals surface area contributed by atoms with Gasteiger partial charge < -0.3 is 15.0 Å². The standard InChI is InChI=1S/C16H17N3O5/c20-13(18-8-3-6-12(18)15(22)23)7-9-19-14(21)10-4-1-2-5-11(10)17-16(19)24/h1-2,4-5,12H,3,6-9H2,(H,17,24)(H,22,23). The zero-order chi connectivity index (χ0) is 17.3. The number of H-pyrrole nitrogens is 1. The van der Waals surface area contributed by atoms with Gasteiger partial charge in [-0.25, -0.2) is 9.59 Å². The van der Waals surface area contributed by atoms with Crippen molar-refractivity contribution in [2.24, 2.45) is 0 Å². The minimum Gasteiger partial charge on any atom is -0.480 e. The summed E-state index contributed by atoms with van der Waals surface area (Å²) in [5.74, 6) is -1.39. The molecule has 0 spiro atoms. The Balaban J connectivity index is 1.81. The lowest BCUT2D eigenvalue weighted by Crippen LogP contribution is -2.42. The molecule has 24 heavy (non-hydrogen) atoms. The summed E-state index contributed by atoms with van der Waals surface area (Å²) < 4.78 is 0.978. The number of carboxylic acids is 1. The number of amides is 1. The first-order chi connectivity index (χ1) is 11.5. The van der Waals surface area contributed by atoms with E-state index in [2.05, 4.69) is 4.98 Å². The third-order valence-electron chi connectivity index (χ3n) is 4.30. The van der Waals surface area contributed by atoms with E-state index in [0.717, 1.165) is 4.57 Å². The Morgan fingerprint density at radius 3 is 2.75 bits per heavy atom. The zero-order valence-corrected chi connectivity index (χ0v) is 12.9. The summed E-state index contributed by atoms with van der Waals surface area (Å²) in [4.78, 5) is 51.7. The summed E-state index contributed by atoms with van der Waals surface area (Å²) >= 11 is 0. The molecular formula is C16H17N3O5. The topological polar surface area (TPSA) is 112 Å². The number of aromatic amines is 1. The molecule has 1 saturated heterocycles. The van der Waals surface area contributed by atoms with E-state index in [-0.39, 0.29) is 18.9 Å². The van der Waals surface area contributed by atoms with Crippen molar-refractivity contribution in [1.29, 1.82) is 0 Å². The molecule has 8 heteroatoms. The van der Waals surface area contributed by atoms with E-state index in [1.807, 2.05) is 0 Å². The third kappa shape index (κ3) is 2.82. The highest BCUT2D eigenvalue weighted by Crippen LogP contribution is 2.18. The smallest absolute Gasteiger partial charge is 0.328 e. The Morgan fingerprint density at radius 2 is 2.00 bits per heavy atom. The molecule has 0 saturated carbocycles. The van der Waals surface area contributed by atoms with Gasteiger partial charge in [0.2, 0.25) is 5.91 Å². The van der Waals surface area contributed by atoms with Crippen LogP contribution in [-0.2, 0) is 16.1 Å². The predicted molar refractivity (Wildman–Crippen MR) is 85.8 cm³/mol. The van der Waals surface area contributed by atoms with Crippen molar-refractivity contribution >= 4 is 22.8 Å². The van der Waals surface area contributed by atoms with E-state index >= 15 is 0 Å². The number of fused-ring (bicyclic) bond motifs is 1. The number of nitrogens with zero attached hydrogens (tertiary/aromatic N) is 2. The SMILES string of the molecule is O=C(O)C1CCCN1C(=O)CCn1c(=O)[nH]c2ccccc2c1=O. The van der Waals surface area contributed by atoms with Crippen molar-refractivity contribution in [3.63, 3.8) is 0 Å². The van der Waals surface area contributed by atoms with Gasteiger partial charge in [0.25, 0.3) is 5.56 Å². The molecule has 2 N–H and O–H groups in total. The number of carbonyl (C=O) groups is 2. The van der Waals surface area contributed by atoms with E-state index in [0.29, 0.717) is 30.3 Å². The van der Waals surface area contributed by atoms with Crippen LogP contribution in [0.25, 0.3) is 10.9 Å². The highest BCUT2D eigenvalue weighted by atomic mass is 16.4. The number of hydrogen-bond donors (Lipinski definition) is 2. The molecule has 2 aromatic rings. The number of hydrogen-bond acceptors (Lipinski definition) is 4. The van der Waals surface area contributed by atoms with Crippen LogP contribution >= 0.6 is 0 Å². The number of para-hydroxylation sites is 1. The first-order valence-corrected chi connectivity index (χ1v) is 7.73. The fourth-order valence-electron chi connectivity index (χ4n) is 3.08. The fraction of sp³-hybridized carbons (Fsp3) is 0.375. The molecule has 2 heterocycles. The Bertz CT molecular complexity index is 914. The average Bonchev–Trinajstić information content (AvgIpc) is 3.04. The zero-order valence-electron chi connectivity index (χ0n) is 12.9. The lowest BCUT2D eigenvalue weighted by molar-refractivity contribution is -0.148. The maximum atomic E-state index is 12.4. The van der Waals surface area contributed by atoms with Crippen LogP contribution in [0.4, 0.5) is 0 Å². The molecule has 1 aliphatic rings. The Hall–Kier alpha value is -2.90. The minimum absolute atomic E-state index is 0.0827. The lowest BCUT2D eigenvalue weighted by Gasteiger charge is -2.21. The summed E-state index contributed by atoms with van der Waals surface area (Å²) in [6.07, 6.45) is 0.974. The summed E-state index contributed by atoms with van der Waals surface area (Å²) in [6, 6.07) is 5.83. The number of nitrogens with one attached hydrogen (secondary N) is 1. The summed E-state index contributed by atoms with van der Waals surface area (Å²) in [5.41, 5.74) is -0.596. The van der Waals surface area contributed by atoms with Crippen molar-refractivity contribution in [2.75, 3.05) is 6.54 Å². The number of carboxylic acid groups (broad SMARTS) is 1. The Kier molecular flexibility index (Phi) is 4.20. The molecule has 1 unspecified atom stereocenters. The Labute approximate surface area is 136 Å². The molecule has 1 aromatic carbocycles. The fourth-order valence-corrected chi connectivity index (χ4v) is 3.08. The van der Waals surface area contributed by atoms with Crippen LogP contribution in [0, 0.1) is 0 Å². The molecule has 0 aliphatic carbocycles. The number of likely N-dealkylation sites (tertiary alicyclic amines) is 1. The molecule has 1 atom stereocenters. The van der Waals surface area contributed by atoms with Crippen LogP contribution in [0.3, 0.4) is 0 Å². The lowest BCUT2D eigenvalue weighted by atomic mass is 10.2. The summed E-state index contributed by atoms with van der Waals surface area (Å²) in [5, 5.41) is 9.49. The molecule has 1 amide bonds. The molecular weight excluding hydrogens is 314 g/mol. The van der Waals surface area contributed by atoms with Gasteiger partial charge in [-0.05, 0) is 25.0 Å². The Morgan fingerprint density at radius 1 is 1.25 bits per heavy atom. The normalized spacial score (nSPS) is 17.3. The minimum atomic E-state index is -1.03. The number of aromatic nitrogens is 2. The maximum Gasteiger partial charge on any atom is 0.328 e. The number of aliphatic carboxylic acids is 1. The number of carbonyl (C=O) groups excluding carboxylic acids is 1. The van der Waals surface area contributed by atoms with Gasteiger partial charge in [0, 0.05) is 19.5 Å². The van der Waals surface area contributed by atoms with Crippen LogP contribution in [0.15, 0.2) is 33.9 Å². The molecule has 126 valence electrons. The second-order valence-corrected chi connectivity index (χ2v) is 5.77. The van der Waals surface area contributed by atoms with Crippen molar-refractivity contribution in [3.8, 4) is 0 Å². The molecule has 1 aromatic heterocycles. The van der Waals surface area contributed by atoms with Gasteiger partial charge in [0.1, 0.15) is 6.04 Å². The molecule has 3 rings (SSSR count). The van der Waals surface area contributed by atoms with Gasteiger partial charge in [0.05, 0.1) is 10.9 Å². The quantitative estimate of drug-likeness (QED) is 0.828. The molecule has 1 aliphatic heterocycles. The van der Waals surface area contributed by atoms with Crippen LogP contribution in [0.5, 0.6) is 0 Å². The van der Waals surface area contributed by atoms with Gasteiger partial charge in [0.15, 0.2) is 0 Å². The van der Waals surface area contributed by atoms with Crippen molar-refractivity contribution in [2.45, 2.75) is 31.8 Å². The first-order valence-electron chi connectivity index (χ1n) is 7.73. The van der Waals surface area contributed by atoms with Crippen LogP contribution < -0.4 is 11.2 Å². The molecule has 0 radical (unpaired) electrons. The van der Waals surface area contributed by atoms with E-state index in [1.165, 1.54) is 4.90 Å². The van der Waals surface area contributed by atoms with Gasteiger partial charge >= 0.3 is 11.7 Å². The summed E-state index contributed by atoms with van der Waals surface area (Å²) in [7, 11) is 0. The average molecular weight is 331 g/mol. The highest BCUT2D eigenvalue weighted by Gasteiger charge is 2.33. The van der Waals surface area contributed by atoms with Crippen molar-refractivity contribution in [3.05, 3.63) is 45.1 Å². The second-order valence-electron chi connectivity index (χ2n) is 5.77. The largest absolute Gasteiger partial charge is 0.480 e. The van der Waals surface area contributed by atoms with E-state index in [1.54, 1.807) is 24.3 Å². The highest BCUT2D eigenvalue weighted by molar-refractivity contribution is 5.84. The first kappa shape index (κ1) is 16.0. The van der Waals surface area contributed by atoms with Crippen LogP contribution in [0.1, 0.15) is 19.3 Å². The van der Waals surface area contributed by atoms with Gasteiger partial charge in [-0.15, -0.1) is 0 Å².